The first-order chi connectivity index (χ1) is 10.7. The van der Waals surface area contributed by atoms with Crippen LogP contribution in [0.2, 0.25) is 4.47 Å². The maximum atomic E-state index is 12.8. The predicted molar refractivity (Wildman–Crippen MR) is 85.2 cm³/mol. The standard InChI is InChI=1S/C15H11ClFN3OS/c16-15-20-9-13(22-15)8-19-14-6-5-12(7-18-14)21-11-3-1-10(17)2-4-11/h1-7,9H,8H2,(H,18,19). The molecule has 0 radical (unpaired) electrons. The van der Waals surface area contributed by atoms with E-state index in [1.54, 1.807) is 30.6 Å². The first-order valence-corrected chi connectivity index (χ1v) is 7.62. The number of benzene rings is 1. The van der Waals surface area contributed by atoms with Gasteiger partial charge in [0.25, 0.3) is 0 Å². The molecule has 1 aromatic carbocycles. The first kappa shape index (κ1) is 14.7. The Bertz CT molecular complexity index is 746. The number of ether oxygens (including phenoxy) is 1. The molecule has 112 valence electrons. The molecule has 3 rings (SSSR count). The lowest BCUT2D eigenvalue weighted by Gasteiger charge is -2.07. The van der Waals surface area contributed by atoms with Crippen LogP contribution in [0.15, 0.2) is 48.8 Å². The summed E-state index contributed by atoms with van der Waals surface area (Å²) < 4.78 is 18.9. The second-order valence-electron chi connectivity index (χ2n) is 4.37. The van der Waals surface area contributed by atoms with Crippen molar-refractivity contribution in [3.63, 3.8) is 0 Å². The summed E-state index contributed by atoms with van der Waals surface area (Å²) in [5.41, 5.74) is 0. The lowest BCUT2D eigenvalue weighted by atomic mass is 10.3. The Kier molecular flexibility index (Phi) is 4.50. The van der Waals surface area contributed by atoms with Gasteiger partial charge in [0.1, 0.15) is 23.1 Å². The van der Waals surface area contributed by atoms with Crippen molar-refractivity contribution < 1.29 is 9.13 Å². The summed E-state index contributed by atoms with van der Waals surface area (Å²) in [5.74, 6) is 1.56. The van der Waals surface area contributed by atoms with Crippen molar-refractivity contribution in [2.75, 3.05) is 5.32 Å². The van der Waals surface area contributed by atoms with Gasteiger partial charge in [-0.15, -0.1) is 11.3 Å². The third-order valence-electron chi connectivity index (χ3n) is 2.75. The Morgan fingerprint density at radius 1 is 1.05 bits per heavy atom. The molecule has 0 amide bonds. The molecule has 0 saturated carbocycles. The van der Waals surface area contributed by atoms with E-state index >= 15 is 0 Å². The summed E-state index contributed by atoms with van der Waals surface area (Å²) in [7, 11) is 0. The van der Waals surface area contributed by atoms with Crippen molar-refractivity contribution in [2.45, 2.75) is 6.54 Å². The highest BCUT2D eigenvalue weighted by atomic mass is 35.5. The smallest absolute Gasteiger partial charge is 0.183 e. The van der Waals surface area contributed by atoms with Crippen LogP contribution in [-0.4, -0.2) is 9.97 Å². The largest absolute Gasteiger partial charge is 0.456 e. The molecule has 0 saturated heterocycles. The van der Waals surface area contributed by atoms with E-state index in [-0.39, 0.29) is 5.82 Å². The Hall–Kier alpha value is -2.18. The predicted octanol–water partition coefficient (Wildman–Crippen LogP) is 4.74. The van der Waals surface area contributed by atoms with Crippen LogP contribution < -0.4 is 10.1 Å². The lowest BCUT2D eigenvalue weighted by Crippen LogP contribution is -1.99. The van der Waals surface area contributed by atoms with E-state index < -0.39 is 0 Å². The van der Waals surface area contributed by atoms with Gasteiger partial charge in [0.05, 0.1) is 12.7 Å². The molecule has 2 aromatic heterocycles. The molecular weight excluding hydrogens is 325 g/mol. The number of halogens is 2. The number of hydrogen-bond acceptors (Lipinski definition) is 5. The highest BCUT2D eigenvalue weighted by Gasteiger charge is 2.02. The number of aromatic nitrogens is 2. The van der Waals surface area contributed by atoms with Crippen LogP contribution in [0.5, 0.6) is 11.5 Å². The molecule has 3 aromatic rings. The zero-order valence-electron chi connectivity index (χ0n) is 11.3. The zero-order chi connectivity index (χ0) is 15.4. The van der Waals surface area contributed by atoms with Gasteiger partial charge in [-0.2, -0.15) is 0 Å². The molecule has 1 N–H and O–H groups in total. The average Bonchev–Trinajstić information content (AvgIpc) is 2.94. The average molecular weight is 336 g/mol. The van der Waals surface area contributed by atoms with Gasteiger partial charge in [-0.25, -0.2) is 14.4 Å². The van der Waals surface area contributed by atoms with E-state index in [0.717, 1.165) is 10.7 Å². The molecule has 0 fully saturated rings. The number of nitrogens with one attached hydrogen (secondary N) is 1. The Balaban J connectivity index is 1.59. The van der Waals surface area contributed by atoms with Gasteiger partial charge in [0.15, 0.2) is 4.47 Å². The summed E-state index contributed by atoms with van der Waals surface area (Å²) >= 11 is 7.20. The number of rotatable bonds is 5. The van der Waals surface area contributed by atoms with Gasteiger partial charge in [-0.05, 0) is 36.4 Å². The van der Waals surface area contributed by atoms with Gasteiger partial charge in [-0.3, -0.25) is 0 Å². The van der Waals surface area contributed by atoms with Gasteiger partial charge in [0, 0.05) is 11.1 Å². The van der Waals surface area contributed by atoms with Crippen LogP contribution in [0.1, 0.15) is 4.88 Å². The van der Waals surface area contributed by atoms with Crippen LogP contribution in [0.3, 0.4) is 0 Å². The number of nitrogens with zero attached hydrogens (tertiary/aromatic N) is 2. The minimum atomic E-state index is -0.298. The maximum Gasteiger partial charge on any atom is 0.183 e. The van der Waals surface area contributed by atoms with Gasteiger partial charge < -0.3 is 10.1 Å². The summed E-state index contributed by atoms with van der Waals surface area (Å²) in [6.45, 7) is 0.607. The molecule has 22 heavy (non-hydrogen) atoms. The molecular formula is C15H11ClFN3OS. The van der Waals surface area contributed by atoms with Crippen molar-refractivity contribution >= 4 is 28.8 Å². The summed E-state index contributed by atoms with van der Waals surface area (Å²) in [4.78, 5) is 9.25. The molecule has 7 heteroatoms. The molecule has 4 nitrogen and oxygen atoms in total. The molecule has 0 bridgehead atoms. The third kappa shape index (κ3) is 3.93. The zero-order valence-corrected chi connectivity index (χ0v) is 12.9. The Labute approximate surface area is 135 Å². The molecule has 0 unspecified atom stereocenters. The summed E-state index contributed by atoms with van der Waals surface area (Å²) in [6, 6.07) is 9.42. The summed E-state index contributed by atoms with van der Waals surface area (Å²) in [6.07, 6.45) is 3.33. The number of pyridine rings is 1. The highest BCUT2D eigenvalue weighted by molar-refractivity contribution is 7.15. The van der Waals surface area contributed by atoms with Crippen molar-refractivity contribution in [2.24, 2.45) is 0 Å². The number of thiazole rings is 1. The number of anilines is 1. The molecule has 0 aliphatic rings. The van der Waals surface area contributed by atoms with Crippen LogP contribution in [0.25, 0.3) is 0 Å². The lowest BCUT2D eigenvalue weighted by molar-refractivity contribution is 0.478. The minimum Gasteiger partial charge on any atom is -0.456 e. The van der Waals surface area contributed by atoms with E-state index in [1.807, 2.05) is 6.07 Å². The SMILES string of the molecule is Fc1ccc(Oc2ccc(NCc3cnc(Cl)s3)nc2)cc1. The second kappa shape index (κ2) is 6.72. The van der Waals surface area contributed by atoms with Gasteiger partial charge >= 0.3 is 0 Å². The topological polar surface area (TPSA) is 47.0 Å². The molecule has 0 spiro atoms. The maximum absolute atomic E-state index is 12.8. The normalized spacial score (nSPS) is 10.5. The molecule has 0 aliphatic carbocycles. The monoisotopic (exact) mass is 335 g/mol. The fourth-order valence-electron chi connectivity index (χ4n) is 1.73. The fraction of sp³-hybridized carbons (Fsp3) is 0.0667. The quantitative estimate of drug-likeness (QED) is 0.732. The van der Waals surface area contributed by atoms with Gasteiger partial charge in [-0.1, -0.05) is 11.6 Å². The third-order valence-corrected chi connectivity index (χ3v) is 3.87. The van der Waals surface area contributed by atoms with Crippen LogP contribution >= 0.6 is 22.9 Å². The first-order valence-electron chi connectivity index (χ1n) is 6.42. The summed E-state index contributed by atoms with van der Waals surface area (Å²) in [5, 5.41) is 3.17. The van der Waals surface area contributed by atoms with Crippen molar-refractivity contribution in [1.82, 2.24) is 9.97 Å². The Morgan fingerprint density at radius 2 is 1.82 bits per heavy atom. The number of hydrogen-bond donors (Lipinski definition) is 1. The Morgan fingerprint density at radius 3 is 2.45 bits per heavy atom. The highest BCUT2D eigenvalue weighted by Crippen LogP contribution is 2.22. The minimum absolute atomic E-state index is 0.298. The van der Waals surface area contributed by atoms with E-state index in [2.05, 4.69) is 15.3 Å². The van der Waals surface area contributed by atoms with Crippen molar-refractivity contribution in [3.05, 3.63) is 64.0 Å². The molecule has 0 atom stereocenters. The molecule has 2 heterocycles. The van der Waals surface area contributed by atoms with Crippen molar-refractivity contribution in [1.29, 1.82) is 0 Å². The second-order valence-corrected chi connectivity index (χ2v) is 6.07. The van der Waals surface area contributed by atoms with E-state index in [1.165, 1.54) is 23.5 Å². The van der Waals surface area contributed by atoms with Crippen LogP contribution in [-0.2, 0) is 6.54 Å². The molecule has 0 aliphatic heterocycles. The fourth-order valence-corrected chi connectivity index (χ4v) is 2.64. The van der Waals surface area contributed by atoms with E-state index in [4.69, 9.17) is 16.3 Å². The van der Waals surface area contributed by atoms with Crippen molar-refractivity contribution in [3.8, 4) is 11.5 Å². The van der Waals surface area contributed by atoms with E-state index in [0.29, 0.717) is 22.5 Å². The van der Waals surface area contributed by atoms with Crippen LogP contribution in [0.4, 0.5) is 10.2 Å². The van der Waals surface area contributed by atoms with Crippen LogP contribution in [0, 0.1) is 5.82 Å². The van der Waals surface area contributed by atoms with Gasteiger partial charge in [0.2, 0.25) is 0 Å². The van der Waals surface area contributed by atoms with E-state index in [9.17, 15) is 4.39 Å².